The molecule has 0 fully saturated rings. The summed E-state index contributed by atoms with van der Waals surface area (Å²) < 4.78 is 0. The fourth-order valence-electron chi connectivity index (χ4n) is 1.01. The normalized spacial score (nSPS) is 9.64. The summed E-state index contributed by atoms with van der Waals surface area (Å²) in [5, 5.41) is 0. The second-order valence-electron chi connectivity index (χ2n) is 3.09. The number of carbonyl (C=O) groups excluding carboxylic acids is 1. The van der Waals surface area contributed by atoms with Crippen molar-refractivity contribution in [2.24, 2.45) is 5.73 Å². The first-order chi connectivity index (χ1) is 6.52. The number of rotatable bonds is 5. The Bertz CT molecular complexity index is 208. The van der Waals surface area contributed by atoms with E-state index >= 15 is 0 Å². The van der Waals surface area contributed by atoms with E-state index in [2.05, 4.69) is 0 Å². The summed E-state index contributed by atoms with van der Waals surface area (Å²) in [6, 6.07) is 0.0336. The summed E-state index contributed by atoms with van der Waals surface area (Å²) in [5.74, 6) is 0. The first-order valence-electron chi connectivity index (χ1n) is 4.81. The van der Waals surface area contributed by atoms with Gasteiger partial charge in [-0.25, -0.2) is 4.79 Å². The van der Waals surface area contributed by atoms with Crippen molar-refractivity contribution < 1.29 is 4.79 Å². The van der Waals surface area contributed by atoms with Gasteiger partial charge < -0.3 is 15.5 Å². The Kier molecular flexibility index (Phi) is 6.19. The van der Waals surface area contributed by atoms with Crippen molar-refractivity contribution in [3.05, 3.63) is 0 Å². The summed E-state index contributed by atoms with van der Waals surface area (Å²) in [5.41, 5.74) is 5.38. The highest BCUT2D eigenvalue weighted by Crippen LogP contribution is 1.98. The van der Waals surface area contributed by atoms with Crippen LogP contribution in [0.2, 0.25) is 0 Å². The van der Waals surface area contributed by atoms with Gasteiger partial charge in [-0.2, -0.15) is 0 Å². The van der Waals surface area contributed by atoms with Crippen molar-refractivity contribution in [2.75, 3.05) is 26.7 Å². The average molecular weight is 217 g/mol. The molecule has 82 valence electrons. The minimum Gasteiger partial charge on any atom is -0.393 e. The van der Waals surface area contributed by atoms with Crippen LogP contribution in [0.3, 0.4) is 0 Å². The molecule has 5 heteroatoms. The highest BCUT2D eigenvalue weighted by atomic mass is 32.1. The molecule has 0 aliphatic carbocycles. The van der Waals surface area contributed by atoms with E-state index in [0.29, 0.717) is 31.0 Å². The minimum atomic E-state index is 0.0336. The van der Waals surface area contributed by atoms with Gasteiger partial charge in [0, 0.05) is 33.1 Å². The lowest BCUT2D eigenvalue weighted by molar-refractivity contribution is 0.168. The van der Waals surface area contributed by atoms with Gasteiger partial charge in [-0.1, -0.05) is 12.2 Å². The summed E-state index contributed by atoms with van der Waals surface area (Å²) in [6.07, 6.45) is 0.590. The maximum absolute atomic E-state index is 11.7. The number of carbonyl (C=O) groups is 1. The quantitative estimate of drug-likeness (QED) is 0.700. The molecule has 0 bridgehead atoms. The number of thiocarbonyl (C=S) groups is 1. The van der Waals surface area contributed by atoms with Crippen LogP contribution in [-0.2, 0) is 0 Å². The molecule has 0 aliphatic rings. The van der Waals surface area contributed by atoms with E-state index in [0.717, 1.165) is 0 Å². The second-order valence-corrected chi connectivity index (χ2v) is 3.62. The highest BCUT2D eigenvalue weighted by molar-refractivity contribution is 7.80. The van der Waals surface area contributed by atoms with E-state index in [1.165, 1.54) is 0 Å². The Balaban J connectivity index is 4.12. The van der Waals surface area contributed by atoms with Crippen molar-refractivity contribution in [3.63, 3.8) is 0 Å². The fraction of sp³-hybridized carbons (Fsp3) is 0.778. The molecule has 0 heterocycles. The van der Waals surface area contributed by atoms with Crippen LogP contribution in [0.1, 0.15) is 20.3 Å². The lowest BCUT2D eigenvalue weighted by Gasteiger charge is -2.26. The van der Waals surface area contributed by atoms with Gasteiger partial charge in [0.1, 0.15) is 0 Å². The number of nitrogens with zero attached hydrogens (tertiary/aromatic N) is 2. The van der Waals surface area contributed by atoms with Gasteiger partial charge in [0.2, 0.25) is 0 Å². The summed E-state index contributed by atoms with van der Waals surface area (Å²) in [4.78, 5) is 15.5. The monoisotopic (exact) mass is 217 g/mol. The fourth-order valence-corrected chi connectivity index (χ4v) is 1.10. The molecule has 0 saturated heterocycles. The third-order valence-electron chi connectivity index (χ3n) is 2.08. The van der Waals surface area contributed by atoms with Gasteiger partial charge >= 0.3 is 6.03 Å². The molecule has 0 spiro atoms. The SMILES string of the molecule is CCN(C)C(=O)N(CC)CCC(N)=S. The smallest absolute Gasteiger partial charge is 0.319 e. The lowest BCUT2D eigenvalue weighted by atomic mass is 10.4. The Morgan fingerprint density at radius 2 is 1.93 bits per heavy atom. The molecule has 2 amide bonds. The van der Waals surface area contributed by atoms with Crippen molar-refractivity contribution in [1.29, 1.82) is 0 Å². The Labute approximate surface area is 91.0 Å². The topological polar surface area (TPSA) is 49.6 Å². The van der Waals surface area contributed by atoms with E-state index in [-0.39, 0.29) is 6.03 Å². The summed E-state index contributed by atoms with van der Waals surface area (Å²) >= 11 is 4.77. The van der Waals surface area contributed by atoms with Crippen LogP contribution < -0.4 is 5.73 Å². The van der Waals surface area contributed by atoms with Crippen LogP contribution in [0.5, 0.6) is 0 Å². The van der Waals surface area contributed by atoms with Crippen molar-refractivity contribution in [1.82, 2.24) is 9.80 Å². The summed E-state index contributed by atoms with van der Waals surface area (Å²) in [7, 11) is 1.78. The molecular weight excluding hydrogens is 198 g/mol. The third-order valence-corrected chi connectivity index (χ3v) is 2.29. The van der Waals surface area contributed by atoms with Gasteiger partial charge in [-0.15, -0.1) is 0 Å². The van der Waals surface area contributed by atoms with Crippen LogP contribution in [0.4, 0.5) is 4.79 Å². The highest BCUT2D eigenvalue weighted by Gasteiger charge is 2.14. The van der Waals surface area contributed by atoms with Gasteiger partial charge in [0.05, 0.1) is 4.99 Å². The van der Waals surface area contributed by atoms with Gasteiger partial charge in [-0.3, -0.25) is 0 Å². The maximum Gasteiger partial charge on any atom is 0.319 e. The molecule has 0 rings (SSSR count). The van der Waals surface area contributed by atoms with Crippen LogP contribution in [0, 0.1) is 0 Å². The molecule has 14 heavy (non-hydrogen) atoms. The standard InChI is InChI=1S/C9H19N3OS/c1-4-11(3)9(13)12(5-2)7-6-8(10)14/h4-7H2,1-3H3,(H2,10,14). The zero-order chi connectivity index (χ0) is 11.1. The molecule has 0 radical (unpaired) electrons. The van der Waals surface area contributed by atoms with E-state index in [9.17, 15) is 4.79 Å². The number of nitrogens with two attached hydrogens (primary N) is 1. The van der Waals surface area contributed by atoms with Crippen molar-refractivity contribution in [3.8, 4) is 0 Å². The third kappa shape index (κ3) is 4.41. The maximum atomic E-state index is 11.7. The molecule has 0 aliphatic heterocycles. The number of hydrogen-bond acceptors (Lipinski definition) is 2. The average Bonchev–Trinajstić information content (AvgIpc) is 2.16. The van der Waals surface area contributed by atoms with Gasteiger partial charge in [0.25, 0.3) is 0 Å². The molecule has 4 nitrogen and oxygen atoms in total. The van der Waals surface area contributed by atoms with Crippen molar-refractivity contribution >= 4 is 23.2 Å². The van der Waals surface area contributed by atoms with E-state index in [1.54, 1.807) is 16.8 Å². The number of amides is 2. The zero-order valence-corrected chi connectivity index (χ0v) is 9.93. The zero-order valence-electron chi connectivity index (χ0n) is 9.12. The molecular formula is C9H19N3OS. The van der Waals surface area contributed by atoms with Crippen molar-refractivity contribution in [2.45, 2.75) is 20.3 Å². The first-order valence-corrected chi connectivity index (χ1v) is 5.22. The van der Waals surface area contributed by atoms with Crippen LogP contribution in [-0.4, -0.2) is 47.5 Å². The predicted octanol–water partition coefficient (Wildman–Crippen LogP) is 1.06. The molecule has 0 saturated carbocycles. The lowest BCUT2D eigenvalue weighted by Crippen LogP contribution is -2.42. The molecule has 2 N–H and O–H groups in total. The largest absolute Gasteiger partial charge is 0.393 e. The number of hydrogen-bond donors (Lipinski definition) is 1. The van der Waals surface area contributed by atoms with E-state index < -0.39 is 0 Å². The number of urea groups is 1. The van der Waals surface area contributed by atoms with Gasteiger partial charge in [-0.05, 0) is 13.8 Å². The van der Waals surface area contributed by atoms with E-state index in [4.69, 9.17) is 18.0 Å². The Hall–Kier alpha value is -0.840. The first kappa shape index (κ1) is 13.2. The Morgan fingerprint density at radius 3 is 2.29 bits per heavy atom. The van der Waals surface area contributed by atoms with Gasteiger partial charge in [0.15, 0.2) is 0 Å². The van der Waals surface area contributed by atoms with E-state index in [1.807, 2.05) is 13.8 Å². The molecule has 0 aromatic heterocycles. The molecule has 0 unspecified atom stereocenters. The second kappa shape index (κ2) is 6.59. The minimum absolute atomic E-state index is 0.0336. The molecule has 0 aromatic carbocycles. The summed E-state index contributed by atoms with van der Waals surface area (Å²) in [6.45, 7) is 5.89. The molecule has 0 aromatic rings. The predicted molar refractivity (Wildman–Crippen MR) is 62.3 cm³/mol. The van der Waals surface area contributed by atoms with Crippen LogP contribution in [0.15, 0.2) is 0 Å². The Morgan fingerprint density at radius 1 is 1.36 bits per heavy atom. The van der Waals surface area contributed by atoms with Crippen LogP contribution in [0.25, 0.3) is 0 Å². The van der Waals surface area contributed by atoms with Crippen LogP contribution >= 0.6 is 12.2 Å². The molecule has 0 atom stereocenters.